The van der Waals surface area contributed by atoms with E-state index >= 15 is 0 Å². The zero-order chi connectivity index (χ0) is 21.8. The van der Waals surface area contributed by atoms with Gasteiger partial charge in [0, 0.05) is 11.3 Å². The highest BCUT2D eigenvalue weighted by atomic mass is 32.2. The first-order chi connectivity index (χ1) is 14.9. The minimum Gasteiger partial charge on any atom is -0.304 e. The molecule has 0 radical (unpaired) electrons. The highest BCUT2D eigenvalue weighted by Crippen LogP contribution is 2.53. The van der Waals surface area contributed by atoms with Crippen LogP contribution < -0.4 is 9.80 Å². The van der Waals surface area contributed by atoms with Gasteiger partial charge in [-0.3, -0.25) is 14.5 Å². The van der Waals surface area contributed by atoms with Crippen molar-refractivity contribution >= 4 is 33.0 Å². The lowest BCUT2D eigenvalue weighted by atomic mass is 10.0. The lowest BCUT2D eigenvalue weighted by Gasteiger charge is -2.32. The fraction of sp³-hybridized carbons (Fsp3) is 0.167. The zero-order valence-corrected chi connectivity index (χ0v) is 17.7. The van der Waals surface area contributed by atoms with E-state index < -0.39 is 32.3 Å². The molecule has 5 rings (SSSR count). The largest absolute Gasteiger partial charge is 0.304 e. The van der Waals surface area contributed by atoms with Crippen LogP contribution in [0, 0.1) is 6.92 Å². The molecule has 0 unspecified atom stereocenters. The summed E-state index contributed by atoms with van der Waals surface area (Å²) in [6.07, 6.45) is 0. The zero-order valence-electron chi connectivity index (χ0n) is 16.9. The summed E-state index contributed by atoms with van der Waals surface area (Å²) in [5.41, 5.74) is 2.92. The van der Waals surface area contributed by atoms with Crippen molar-refractivity contribution in [2.24, 2.45) is 0 Å². The third kappa shape index (κ3) is 2.66. The number of rotatable bonds is 3. The predicted molar refractivity (Wildman–Crippen MR) is 118 cm³/mol. The molecule has 3 aromatic rings. The second-order valence-electron chi connectivity index (χ2n) is 7.87. The minimum absolute atomic E-state index is 0.212. The highest BCUT2D eigenvalue weighted by Gasteiger charge is 2.69. The summed E-state index contributed by atoms with van der Waals surface area (Å²) in [6, 6.07) is 23.2. The van der Waals surface area contributed by atoms with Crippen LogP contribution in [0.5, 0.6) is 0 Å². The molecule has 0 aliphatic carbocycles. The second-order valence-corrected chi connectivity index (χ2v) is 9.97. The lowest BCUT2D eigenvalue weighted by Crippen LogP contribution is -2.54. The molecule has 156 valence electrons. The van der Waals surface area contributed by atoms with Gasteiger partial charge in [0.1, 0.15) is 5.75 Å². The number of amides is 2. The van der Waals surface area contributed by atoms with E-state index in [1.165, 1.54) is 9.80 Å². The van der Waals surface area contributed by atoms with Crippen LogP contribution >= 0.6 is 0 Å². The predicted octanol–water partition coefficient (Wildman–Crippen LogP) is 3.16. The third-order valence-corrected chi connectivity index (χ3v) is 7.97. The molecular weight excluding hydrogens is 412 g/mol. The number of hydrogen-bond acceptors (Lipinski definition) is 4. The van der Waals surface area contributed by atoms with Crippen LogP contribution in [0.2, 0.25) is 0 Å². The van der Waals surface area contributed by atoms with Gasteiger partial charge in [-0.1, -0.05) is 60.2 Å². The van der Waals surface area contributed by atoms with Crippen molar-refractivity contribution in [2.75, 3.05) is 15.6 Å². The molecule has 1 fully saturated rings. The Bertz CT molecular complexity index is 1310. The Hall–Kier alpha value is -3.45. The summed E-state index contributed by atoms with van der Waals surface area (Å²) < 4.78 is 27.1. The Kier molecular flexibility index (Phi) is 4.27. The molecule has 6 nitrogen and oxygen atoms in total. The second kappa shape index (κ2) is 6.78. The summed E-state index contributed by atoms with van der Waals surface area (Å²) >= 11 is 0. The van der Waals surface area contributed by atoms with Gasteiger partial charge in [-0.2, -0.15) is 0 Å². The van der Waals surface area contributed by atoms with Crippen molar-refractivity contribution in [1.29, 1.82) is 0 Å². The smallest absolute Gasteiger partial charge is 0.274 e. The standard InChI is InChI=1S/C24H20N2O4S/c1-17-12-13-21-20(14-17)24(23(28)25(21)15-18-8-4-2-5-9-18)26(19-10-6-3-7-11-19)22(27)16-31(24,29)30/h2-14H,15-16H2,1H3/t24-/m0/s1. The van der Waals surface area contributed by atoms with E-state index in [9.17, 15) is 18.0 Å². The molecule has 0 bridgehead atoms. The summed E-state index contributed by atoms with van der Waals surface area (Å²) in [6.45, 7) is 2.05. The fourth-order valence-corrected chi connectivity index (χ4v) is 6.58. The van der Waals surface area contributed by atoms with Crippen LogP contribution in [0.15, 0.2) is 78.9 Å². The number of carbonyl (C=O) groups excluding carboxylic acids is 2. The van der Waals surface area contributed by atoms with Crippen molar-refractivity contribution in [3.63, 3.8) is 0 Å². The van der Waals surface area contributed by atoms with E-state index in [-0.39, 0.29) is 6.54 Å². The topological polar surface area (TPSA) is 74.8 Å². The first-order valence-corrected chi connectivity index (χ1v) is 11.6. The Labute approximate surface area is 180 Å². The maximum absolute atomic E-state index is 14.0. The highest BCUT2D eigenvalue weighted by molar-refractivity contribution is 7.94. The average molecular weight is 433 g/mol. The van der Waals surface area contributed by atoms with Crippen LogP contribution in [0.4, 0.5) is 11.4 Å². The van der Waals surface area contributed by atoms with E-state index in [0.29, 0.717) is 16.9 Å². The fourth-order valence-electron chi connectivity index (χ4n) is 4.55. The van der Waals surface area contributed by atoms with Crippen LogP contribution in [-0.4, -0.2) is 26.0 Å². The van der Waals surface area contributed by atoms with Crippen molar-refractivity contribution in [1.82, 2.24) is 0 Å². The summed E-state index contributed by atoms with van der Waals surface area (Å²) in [4.78, 5) is 27.6. The van der Waals surface area contributed by atoms with Gasteiger partial charge in [-0.05, 0) is 36.8 Å². The minimum atomic E-state index is -4.15. The normalized spacial score (nSPS) is 21.7. The van der Waals surface area contributed by atoms with Gasteiger partial charge >= 0.3 is 0 Å². The molecule has 1 atom stereocenters. The number of sulfone groups is 1. The molecular formula is C24H20N2O4S. The quantitative estimate of drug-likeness (QED) is 0.637. The van der Waals surface area contributed by atoms with Gasteiger partial charge < -0.3 is 4.90 Å². The number of para-hydroxylation sites is 1. The summed E-state index contributed by atoms with van der Waals surface area (Å²) in [5.74, 6) is -1.93. The van der Waals surface area contributed by atoms with E-state index in [1.54, 1.807) is 42.5 Å². The van der Waals surface area contributed by atoms with Gasteiger partial charge in [-0.25, -0.2) is 8.42 Å². The van der Waals surface area contributed by atoms with Crippen LogP contribution in [0.25, 0.3) is 0 Å². The summed E-state index contributed by atoms with van der Waals surface area (Å²) in [7, 11) is -4.15. The Balaban J connectivity index is 1.78. The van der Waals surface area contributed by atoms with E-state index in [0.717, 1.165) is 11.1 Å². The Morgan fingerprint density at radius 3 is 2.23 bits per heavy atom. The van der Waals surface area contributed by atoms with Gasteiger partial charge in [-0.15, -0.1) is 0 Å². The molecule has 1 spiro atoms. The number of carbonyl (C=O) groups is 2. The molecule has 0 saturated carbocycles. The third-order valence-electron chi connectivity index (χ3n) is 5.87. The van der Waals surface area contributed by atoms with Crippen LogP contribution in [-0.2, 0) is 30.8 Å². The van der Waals surface area contributed by atoms with Gasteiger partial charge in [0.25, 0.3) is 10.8 Å². The first-order valence-electron chi connectivity index (χ1n) is 9.94. The maximum atomic E-state index is 14.0. The molecule has 2 amide bonds. The van der Waals surface area contributed by atoms with E-state index in [1.807, 2.05) is 43.3 Å². The van der Waals surface area contributed by atoms with Crippen LogP contribution in [0.1, 0.15) is 16.7 Å². The number of anilines is 2. The number of nitrogens with zero attached hydrogens (tertiary/aromatic N) is 2. The van der Waals surface area contributed by atoms with Gasteiger partial charge in [0.2, 0.25) is 5.91 Å². The molecule has 2 heterocycles. The number of hydrogen-bond donors (Lipinski definition) is 0. The molecule has 0 aromatic heterocycles. The first kappa shape index (κ1) is 19.5. The van der Waals surface area contributed by atoms with Gasteiger partial charge in [0.15, 0.2) is 9.84 Å². The average Bonchev–Trinajstić information content (AvgIpc) is 3.12. The molecule has 7 heteroatoms. The molecule has 3 aromatic carbocycles. The van der Waals surface area contributed by atoms with Crippen molar-refractivity contribution in [2.45, 2.75) is 18.3 Å². The Morgan fingerprint density at radius 1 is 0.903 bits per heavy atom. The monoisotopic (exact) mass is 432 g/mol. The molecule has 31 heavy (non-hydrogen) atoms. The van der Waals surface area contributed by atoms with Crippen molar-refractivity contribution in [3.8, 4) is 0 Å². The van der Waals surface area contributed by atoms with E-state index in [2.05, 4.69) is 0 Å². The van der Waals surface area contributed by atoms with Crippen molar-refractivity contribution in [3.05, 3.63) is 95.6 Å². The van der Waals surface area contributed by atoms with Gasteiger partial charge in [0.05, 0.1) is 12.2 Å². The van der Waals surface area contributed by atoms with E-state index in [4.69, 9.17) is 0 Å². The molecule has 2 aliphatic rings. The number of aryl methyl sites for hydroxylation is 1. The number of fused-ring (bicyclic) bond motifs is 2. The molecule has 2 aliphatic heterocycles. The summed E-state index contributed by atoms with van der Waals surface area (Å²) in [5, 5.41) is 0. The molecule has 0 N–H and O–H groups in total. The molecule has 1 saturated heterocycles. The number of benzene rings is 3. The maximum Gasteiger partial charge on any atom is 0.274 e. The van der Waals surface area contributed by atoms with Crippen LogP contribution in [0.3, 0.4) is 0 Å². The van der Waals surface area contributed by atoms with Crippen molar-refractivity contribution < 1.29 is 18.0 Å². The lowest BCUT2D eigenvalue weighted by molar-refractivity contribution is -0.123. The Morgan fingerprint density at radius 2 is 1.55 bits per heavy atom. The SMILES string of the molecule is Cc1ccc2c(c1)[C@]1(C(=O)N2Cc2ccccc2)N(c2ccccc2)C(=O)CS1(=O)=O.